The second kappa shape index (κ2) is 7.17. The van der Waals surface area contributed by atoms with Gasteiger partial charge in [-0.2, -0.15) is 0 Å². The zero-order chi connectivity index (χ0) is 15.9. The first-order valence-electron chi connectivity index (χ1n) is 6.79. The second-order valence-corrected chi connectivity index (χ2v) is 4.69. The van der Waals surface area contributed by atoms with E-state index < -0.39 is 0 Å². The van der Waals surface area contributed by atoms with E-state index in [2.05, 4.69) is 16.9 Å². The fraction of sp³-hybridized carbons (Fsp3) is 0.118. The Kier molecular flexibility index (Phi) is 5.03. The molecule has 1 aromatic carbocycles. The number of pyridine rings is 1. The van der Waals surface area contributed by atoms with E-state index in [9.17, 15) is 9.59 Å². The molecule has 2 aromatic rings. The Morgan fingerprint density at radius 1 is 1.18 bits per heavy atom. The van der Waals surface area contributed by atoms with E-state index in [0.717, 1.165) is 11.3 Å². The van der Waals surface area contributed by atoms with Crippen molar-refractivity contribution in [3.63, 3.8) is 0 Å². The van der Waals surface area contributed by atoms with Crippen LogP contribution in [0.25, 0.3) is 0 Å². The number of aromatic nitrogens is 1. The van der Waals surface area contributed by atoms with Crippen LogP contribution in [0.5, 0.6) is 0 Å². The highest BCUT2D eigenvalue weighted by molar-refractivity contribution is 6.05. The molecule has 2 rings (SSSR count). The quantitative estimate of drug-likeness (QED) is 0.860. The SMILES string of the molecule is C=CC(=O)NCc1ccc(N(C)C(=O)c2ccncc2)cc1. The highest BCUT2D eigenvalue weighted by Gasteiger charge is 2.12. The number of anilines is 1. The molecule has 0 saturated carbocycles. The zero-order valence-electron chi connectivity index (χ0n) is 12.3. The van der Waals surface area contributed by atoms with E-state index in [1.54, 1.807) is 36.5 Å². The van der Waals surface area contributed by atoms with Crippen molar-refractivity contribution < 1.29 is 9.59 Å². The molecule has 0 saturated heterocycles. The van der Waals surface area contributed by atoms with Crippen molar-refractivity contribution in [3.05, 3.63) is 72.6 Å². The van der Waals surface area contributed by atoms with Gasteiger partial charge in [0.25, 0.3) is 5.91 Å². The van der Waals surface area contributed by atoms with Crippen LogP contribution >= 0.6 is 0 Å². The van der Waals surface area contributed by atoms with E-state index >= 15 is 0 Å². The van der Waals surface area contributed by atoms with Crippen LogP contribution < -0.4 is 10.2 Å². The standard InChI is InChI=1S/C17H17N3O2/c1-3-16(21)19-12-13-4-6-15(7-5-13)20(2)17(22)14-8-10-18-11-9-14/h3-11H,1,12H2,2H3,(H,19,21). The molecule has 5 nitrogen and oxygen atoms in total. The van der Waals surface area contributed by atoms with Gasteiger partial charge < -0.3 is 10.2 Å². The van der Waals surface area contributed by atoms with Gasteiger partial charge in [0.15, 0.2) is 0 Å². The first kappa shape index (κ1) is 15.4. The van der Waals surface area contributed by atoms with Gasteiger partial charge in [0.2, 0.25) is 5.91 Å². The van der Waals surface area contributed by atoms with Crippen LogP contribution in [0.2, 0.25) is 0 Å². The third-order valence-corrected chi connectivity index (χ3v) is 3.21. The summed E-state index contributed by atoms with van der Waals surface area (Å²) in [6.45, 7) is 3.82. The van der Waals surface area contributed by atoms with Gasteiger partial charge in [-0.05, 0) is 35.9 Å². The molecular formula is C17H17N3O2. The van der Waals surface area contributed by atoms with Crippen molar-refractivity contribution in [2.75, 3.05) is 11.9 Å². The van der Waals surface area contributed by atoms with Crippen LogP contribution in [0.4, 0.5) is 5.69 Å². The second-order valence-electron chi connectivity index (χ2n) is 4.69. The molecule has 1 heterocycles. The number of hydrogen-bond donors (Lipinski definition) is 1. The number of hydrogen-bond acceptors (Lipinski definition) is 3. The van der Waals surface area contributed by atoms with E-state index in [4.69, 9.17) is 0 Å². The molecule has 0 spiro atoms. The molecule has 0 aliphatic heterocycles. The third-order valence-electron chi connectivity index (χ3n) is 3.21. The first-order valence-corrected chi connectivity index (χ1v) is 6.79. The zero-order valence-corrected chi connectivity index (χ0v) is 12.3. The molecule has 1 N–H and O–H groups in total. The molecule has 2 amide bonds. The first-order chi connectivity index (χ1) is 10.6. The van der Waals surface area contributed by atoms with Crippen molar-refractivity contribution in [2.24, 2.45) is 0 Å². The van der Waals surface area contributed by atoms with E-state index in [1.165, 1.54) is 6.08 Å². The lowest BCUT2D eigenvalue weighted by atomic mass is 10.1. The Balaban J connectivity index is 2.05. The molecule has 0 radical (unpaired) electrons. The van der Waals surface area contributed by atoms with E-state index in [1.807, 2.05) is 24.3 Å². The van der Waals surface area contributed by atoms with Crippen LogP contribution in [-0.4, -0.2) is 23.8 Å². The smallest absolute Gasteiger partial charge is 0.258 e. The summed E-state index contributed by atoms with van der Waals surface area (Å²) in [6.07, 6.45) is 4.41. The molecule has 0 aliphatic carbocycles. The largest absolute Gasteiger partial charge is 0.348 e. The normalized spacial score (nSPS) is 9.86. The summed E-state index contributed by atoms with van der Waals surface area (Å²) in [4.78, 5) is 28.9. The molecule has 0 fully saturated rings. The van der Waals surface area contributed by atoms with Gasteiger partial charge in [-0.25, -0.2) is 0 Å². The maximum atomic E-state index is 12.3. The Hall–Kier alpha value is -2.95. The summed E-state index contributed by atoms with van der Waals surface area (Å²) >= 11 is 0. The third kappa shape index (κ3) is 3.79. The fourth-order valence-corrected chi connectivity index (χ4v) is 1.90. The number of carbonyl (C=O) groups excluding carboxylic acids is 2. The average Bonchev–Trinajstić information content (AvgIpc) is 2.59. The average molecular weight is 295 g/mol. The lowest BCUT2D eigenvalue weighted by Crippen LogP contribution is -2.26. The minimum absolute atomic E-state index is 0.102. The maximum absolute atomic E-state index is 12.3. The minimum Gasteiger partial charge on any atom is -0.348 e. The van der Waals surface area contributed by atoms with Gasteiger partial charge in [0.05, 0.1) is 0 Å². The fourth-order valence-electron chi connectivity index (χ4n) is 1.90. The Morgan fingerprint density at radius 2 is 1.82 bits per heavy atom. The summed E-state index contributed by atoms with van der Waals surface area (Å²) in [7, 11) is 1.72. The summed E-state index contributed by atoms with van der Waals surface area (Å²) in [5.41, 5.74) is 2.31. The van der Waals surface area contributed by atoms with Crippen molar-refractivity contribution in [1.82, 2.24) is 10.3 Å². The Morgan fingerprint density at radius 3 is 2.41 bits per heavy atom. The number of carbonyl (C=O) groups is 2. The molecular weight excluding hydrogens is 278 g/mol. The summed E-state index contributed by atoms with van der Waals surface area (Å²) in [6, 6.07) is 10.8. The van der Waals surface area contributed by atoms with Crippen molar-refractivity contribution in [3.8, 4) is 0 Å². The molecule has 22 heavy (non-hydrogen) atoms. The predicted molar refractivity (Wildman–Crippen MR) is 85.5 cm³/mol. The number of amides is 2. The lowest BCUT2D eigenvalue weighted by molar-refractivity contribution is -0.116. The number of nitrogens with zero attached hydrogens (tertiary/aromatic N) is 2. The van der Waals surface area contributed by atoms with E-state index in [0.29, 0.717) is 12.1 Å². The lowest BCUT2D eigenvalue weighted by Gasteiger charge is -2.17. The monoisotopic (exact) mass is 295 g/mol. The minimum atomic E-state index is -0.214. The number of nitrogens with one attached hydrogen (secondary N) is 1. The van der Waals surface area contributed by atoms with Gasteiger partial charge in [0, 0.05) is 37.2 Å². The van der Waals surface area contributed by atoms with Crippen LogP contribution in [0.1, 0.15) is 15.9 Å². The molecule has 1 aromatic heterocycles. The summed E-state index contributed by atoms with van der Waals surface area (Å²) < 4.78 is 0. The van der Waals surface area contributed by atoms with Gasteiger partial charge in [0.1, 0.15) is 0 Å². The number of rotatable bonds is 5. The van der Waals surface area contributed by atoms with Crippen LogP contribution in [-0.2, 0) is 11.3 Å². The summed E-state index contributed by atoms with van der Waals surface area (Å²) in [5, 5.41) is 2.70. The van der Waals surface area contributed by atoms with Gasteiger partial charge in [-0.15, -0.1) is 0 Å². The molecule has 5 heteroatoms. The van der Waals surface area contributed by atoms with Gasteiger partial charge in [-0.1, -0.05) is 18.7 Å². The van der Waals surface area contributed by atoms with Crippen LogP contribution in [0, 0.1) is 0 Å². The highest BCUT2D eigenvalue weighted by atomic mass is 16.2. The van der Waals surface area contributed by atoms with Gasteiger partial charge in [-0.3, -0.25) is 14.6 Å². The van der Waals surface area contributed by atoms with Gasteiger partial charge >= 0.3 is 0 Å². The molecule has 0 atom stereocenters. The predicted octanol–water partition coefficient (Wildman–Crippen LogP) is 2.16. The highest BCUT2D eigenvalue weighted by Crippen LogP contribution is 2.16. The van der Waals surface area contributed by atoms with Crippen LogP contribution in [0.3, 0.4) is 0 Å². The molecule has 0 aliphatic rings. The summed E-state index contributed by atoms with van der Waals surface area (Å²) in [5.74, 6) is -0.316. The van der Waals surface area contributed by atoms with E-state index in [-0.39, 0.29) is 11.8 Å². The van der Waals surface area contributed by atoms with Crippen LogP contribution in [0.15, 0.2) is 61.4 Å². The Bertz CT molecular complexity index is 666. The maximum Gasteiger partial charge on any atom is 0.258 e. The Labute approximate surface area is 129 Å². The molecule has 112 valence electrons. The molecule has 0 unspecified atom stereocenters. The van der Waals surface area contributed by atoms with Crippen molar-refractivity contribution in [1.29, 1.82) is 0 Å². The van der Waals surface area contributed by atoms with Crippen molar-refractivity contribution in [2.45, 2.75) is 6.54 Å². The topological polar surface area (TPSA) is 62.3 Å². The van der Waals surface area contributed by atoms with Crippen molar-refractivity contribution >= 4 is 17.5 Å². The molecule has 0 bridgehead atoms. The number of benzene rings is 1.